The van der Waals surface area contributed by atoms with Crippen LogP contribution in [0.5, 0.6) is 6.01 Å². The predicted octanol–water partition coefficient (Wildman–Crippen LogP) is 0.0533. The van der Waals surface area contributed by atoms with Crippen molar-refractivity contribution in [1.82, 2.24) is 19.7 Å². The third-order valence-electron chi connectivity index (χ3n) is 2.39. The zero-order valence-corrected chi connectivity index (χ0v) is 13.3. The number of ether oxygens (including phenoxy) is 1. The average Bonchev–Trinajstić information content (AvgIpc) is 2.45. The van der Waals surface area contributed by atoms with Crippen molar-refractivity contribution in [3.8, 4) is 6.01 Å². The zero-order valence-electron chi connectivity index (χ0n) is 12.5. The number of hydrogen-bond acceptors (Lipinski definition) is 8. The van der Waals surface area contributed by atoms with Gasteiger partial charge in [0.05, 0.1) is 12.4 Å². The highest BCUT2D eigenvalue weighted by Crippen LogP contribution is 2.11. The van der Waals surface area contributed by atoms with E-state index in [1.807, 2.05) is 13.8 Å². The van der Waals surface area contributed by atoms with Crippen molar-refractivity contribution in [2.75, 3.05) is 43.1 Å². The van der Waals surface area contributed by atoms with Gasteiger partial charge in [-0.2, -0.15) is 15.0 Å². The third-order valence-corrected chi connectivity index (χ3v) is 3.75. The lowest BCUT2D eigenvalue weighted by Gasteiger charge is -2.09. The zero-order chi connectivity index (χ0) is 15.7. The van der Waals surface area contributed by atoms with Gasteiger partial charge < -0.3 is 15.4 Å². The molecule has 1 heterocycles. The summed E-state index contributed by atoms with van der Waals surface area (Å²) in [5.41, 5.74) is 0. The van der Waals surface area contributed by atoms with Crippen molar-refractivity contribution in [3.05, 3.63) is 0 Å². The van der Waals surface area contributed by atoms with Gasteiger partial charge in [0, 0.05) is 13.1 Å². The Labute approximate surface area is 125 Å². The third kappa shape index (κ3) is 6.54. The fourth-order valence-electron chi connectivity index (χ4n) is 1.34. The first kappa shape index (κ1) is 17.4. The maximum Gasteiger partial charge on any atom is 0.323 e. The van der Waals surface area contributed by atoms with E-state index in [-0.39, 0.29) is 24.3 Å². The van der Waals surface area contributed by atoms with E-state index >= 15 is 0 Å². The number of aromatic nitrogens is 3. The van der Waals surface area contributed by atoms with Crippen molar-refractivity contribution in [3.63, 3.8) is 0 Å². The first-order valence-electron chi connectivity index (χ1n) is 6.78. The fourth-order valence-corrected chi connectivity index (χ4v) is 1.92. The molecule has 0 bridgehead atoms. The molecule has 0 saturated heterocycles. The summed E-state index contributed by atoms with van der Waals surface area (Å²) in [4.78, 5) is 12.3. The van der Waals surface area contributed by atoms with Gasteiger partial charge in [0.25, 0.3) is 0 Å². The SMILES string of the molecule is CCCNc1nc(NCCS(=O)(=O)NC)nc(OCC)n1. The molecule has 1 aromatic heterocycles. The van der Waals surface area contributed by atoms with Crippen LogP contribution in [0.3, 0.4) is 0 Å². The number of rotatable bonds is 10. The smallest absolute Gasteiger partial charge is 0.323 e. The summed E-state index contributed by atoms with van der Waals surface area (Å²) in [5.74, 6) is 0.601. The number of anilines is 2. The number of hydrogen-bond donors (Lipinski definition) is 3. The molecule has 0 spiro atoms. The van der Waals surface area contributed by atoms with Gasteiger partial charge in [-0.3, -0.25) is 0 Å². The van der Waals surface area contributed by atoms with Crippen LogP contribution in [0.4, 0.5) is 11.9 Å². The monoisotopic (exact) mass is 318 g/mol. The maximum absolute atomic E-state index is 11.3. The maximum atomic E-state index is 11.3. The van der Waals surface area contributed by atoms with Crippen LogP contribution in [0.2, 0.25) is 0 Å². The van der Waals surface area contributed by atoms with Gasteiger partial charge in [0.1, 0.15) is 0 Å². The van der Waals surface area contributed by atoms with E-state index in [2.05, 4.69) is 30.3 Å². The minimum absolute atomic E-state index is 0.0725. The van der Waals surface area contributed by atoms with Crippen LogP contribution in [0.15, 0.2) is 0 Å². The predicted molar refractivity (Wildman–Crippen MR) is 81.1 cm³/mol. The second-order valence-corrected chi connectivity index (χ2v) is 6.12. The lowest BCUT2D eigenvalue weighted by molar-refractivity contribution is 0.312. The number of nitrogens with zero attached hydrogens (tertiary/aromatic N) is 3. The van der Waals surface area contributed by atoms with E-state index in [9.17, 15) is 8.42 Å². The van der Waals surface area contributed by atoms with Crippen molar-refractivity contribution in [2.45, 2.75) is 20.3 Å². The van der Waals surface area contributed by atoms with Crippen LogP contribution in [-0.2, 0) is 10.0 Å². The van der Waals surface area contributed by atoms with Gasteiger partial charge >= 0.3 is 6.01 Å². The Morgan fingerprint density at radius 2 is 1.67 bits per heavy atom. The van der Waals surface area contributed by atoms with E-state index in [1.54, 1.807) is 0 Å². The molecule has 0 radical (unpaired) electrons. The van der Waals surface area contributed by atoms with Gasteiger partial charge in [-0.15, -0.1) is 0 Å². The van der Waals surface area contributed by atoms with Gasteiger partial charge in [-0.1, -0.05) is 6.92 Å². The second kappa shape index (κ2) is 8.57. The fraction of sp³-hybridized carbons (Fsp3) is 0.727. The van der Waals surface area contributed by atoms with Crippen molar-refractivity contribution < 1.29 is 13.2 Å². The van der Waals surface area contributed by atoms with Crippen molar-refractivity contribution in [1.29, 1.82) is 0 Å². The topological polar surface area (TPSA) is 118 Å². The van der Waals surface area contributed by atoms with Gasteiger partial charge in [0.2, 0.25) is 21.9 Å². The van der Waals surface area contributed by atoms with Crippen LogP contribution in [0.1, 0.15) is 20.3 Å². The molecule has 1 aromatic rings. The highest BCUT2D eigenvalue weighted by molar-refractivity contribution is 7.89. The van der Waals surface area contributed by atoms with Crippen LogP contribution >= 0.6 is 0 Å². The molecule has 1 rings (SSSR count). The van der Waals surface area contributed by atoms with Gasteiger partial charge in [-0.05, 0) is 20.4 Å². The molecule has 3 N–H and O–H groups in total. The standard InChI is InChI=1S/C11H22N6O3S/c1-4-6-13-9-15-10(17-11(16-9)20-5-2)14-7-8-21(18,19)12-3/h12H,4-8H2,1-3H3,(H2,13,14,15,16,17). The molecule has 10 heteroatoms. The molecule has 0 aliphatic heterocycles. The van der Waals surface area contributed by atoms with Crippen molar-refractivity contribution in [2.24, 2.45) is 0 Å². The van der Waals surface area contributed by atoms with Crippen LogP contribution < -0.4 is 20.1 Å². The second-order valence-electron chi connectivity index (χ2n) is 4.07. The van der Waals surface area contributed by atoms with Crippen LogP contribution in [0.25, 0.3) is 0 Å². The summed E-state index contributed by atoms with van der Waals surface area (Å²) in [5, 5.41) is 5.89. The molecule has 120 valence electrons. The molecule has 0 unspecified atom stereocenters. The summed E-state index contributed by atoms with van der Waals surface area (Å²) in [6.07, 6.45) is 0.929. The van der Waals surface area contributed by atoms with Gasteiger partial charge in [-0.25, -0.2) is 13.1 Å². The molecular formula is C11H22N6O3S. The molecule has 21 heavy (non-hydrogen) atoms. The summed E-state index contributed by atoms with van der Waals surface area (Å²) < 4.78 is 30.2. The Kier molecular flexibility index (Phi) is 7.09. The molecule has 0 fully saturated rings. The molecule has 9 nitrogen and oxygen atoms in total. The molecular weight excluding hydrogens is 296 g/mol. The molecule has 0 atom stereocenters. The van der Waals surface area contributed by atoms with Gasteiger partial charge in [0.15, 0.2) is 0 Å². The molecule has 0 aliphatic carbocycles. The lowest BCUT2D eigenvalue weighted by Crippen LogP contribution is -2.26. The molecule has 0 amide bonds. The average molecular weight is 318 g/mol. The lowest BCUT2D eigenvalue weighted by atomic mass is 10.5. The first-order chi connectivity index (χ1) is 10.0. The summed E-state index contributed by atoms with van der Waals surface area (Å²) >= 11 is 0. The van der Waals surface area contributed by atoms with Crippen molar-refractivity contribution >= 4 is 21.9 Å². The minimum atomic E-state index is -3.26. The van der Waals surface area contributed by atoms with E-state index in [0.717, 1.165) is 13.0 Å². The van der Waals surface area contributed by atoms with Crippen LogP contribution in [-0.4, -0.2) is 55.9 Å². The molecule has 0 aromatic carbocycles. The summed E-state index contributed by atoms with van der Waals surface area (Å²) in [7, 11) is -1.89. The first-order valence-corrected chi connectivity index (χ1v) is 8.43. The molecule has 0 aliphatic rings. The Balaban J connectivity index is 2.72. The molecule has 0 saturated carbocycles. The normalized spacial score (nSPS) is 11.2. The number of nitrogens with one attached hydrogen (secondary N) is 3. The van der Waals surface area contributed by atoms with E-state index in [4.69, 9.17) is 4.74 Å². The highest BCUT2D eigenvalue weighted by Gasteiger charge is 2.09. The van der Waals surface area contributed by atoms with E-state index < -0.39 is 10.0 Å². The van der Waals surface area contributed by atoms with E-state index in [1.165, 1.54) is 7.05 Å². The number of sulfonamides is 1. The Hall–Kier alpha value is -1.68. The van der Waals surface area contributed by atoms with Crippen LogP contribution in [0, 0.1) is 0 Å². The Morgan fingerprint density at radius 1 is 1.05 bits per heavy atom. The quantitative estimate of drug-likeness (QED) is 0.554. The highest BCUT2D eigenvalue weighted by atomic mass is 32.2. The largest absolute Gasteiger partial charge is 0.464 e. The Morgan fingerprint density at radius 3 is 2.19 bits per heavy atom. The Bertz CT molecular complexity index is 537. The van der Waals surface area contributed by atoms with E-state index in [0.29, 0.717) is 12.6 Å². The summed E-state index contributed by atoms with van der Waals surface area (Å²) in [6.45, 7) is 5.20. The summed E-state index contributed by atoms with van der Waals surface area (Å²) in [6, 6.07) is 0.199. The minimum Gasteiger partial charge on any atom is -0.464 e.